The fourth-order valence-corrected chi connectivity index (χ4v) is 2.07. The number of hydrogen-bond acceptors (Lipinski definition) is 3. The summed E-state index contributed by atoms with van der Waals surface area (Å²) in [6.45, 7) is 5.99. The number of phenols is 1. The summed E-state index contributed by atoms with van der Waals surface area (Å²) < 4.78 is 0. The van der Waals surface area contributed by atoms with E-state index in [2.05, 4.69) is 0 Å². The monoisotopic (exact) mass is 291 g/mol. The van der Waals surface area contributed by atoms with E-state index in [4.69, 9.17) is 28.9 Å². The van der Waals surface area contributed by atoms with Crippen molar-refractivity contribution in [1.82, 2.24) is 0 Å². The first kappa shape index (κ1) is 15.6. The molecule has 5 heteroatoms. The van der Waals surface area contributed by atoms with Crippen molar-refractivity contribution in [3.05, 3.63) is 27.7 Å². The average Bonchev–Trinajstić information content (AvgIpc) is 2.21. The third-order valence-corrected chi connectivity index (χ3v) is 3.51. The van der Waals surface area contributed by atoms with Crippen molar-refractivity contribution in [3.63, 3.8) is 0 Å². The number of aliphatic hydroxyl groups excluding tert-OH is 1. The first-order chi connectivity index (χ1) is 8.12. The van der Waals surface area contributed by atoms with Gasteiger partial charge in [0.05, 0.1) is 11.1 Å². The SMILES string of the molecule is CC(C)(C)[C@@H](N)C[C@H](O)c1cc(Cl)cc(Cl)c1O. The normalized spacial score (nSPS) is 15.5. The molecule has 102 valence electrons. The third kappa shape index (κ3) is 3.75. The van der Waals surface area contributed by atoms with Crippen LogP contribution in [0, 0.1) is 5.41 Å². The van der Waals surface area contributed by atoms with Gasteiger partial charge in [0.2, 0.25) is 0 Å². The molecule has 0 bridgehead atoms. The molecule has 1 rings (SSSR count). The van der Waals surface area contributed by atoms with Gasteiger partial charge in [0, 0.05) is 16.6 Å². The lowest BCUT2D eigenvalue weighted by Crippen LogP contribution is -2.36. The van der Waals surface area contributed by atoms with E-state index in [1.54, 1.807) is 0 Å². The molecule has 0 heterocycles. The number of halogens is 2. The van der Waals surface area contributed by atoms with Crippen LogP contribution in [0.5, 0.6) is 5.75 Å². The summed E-state index contributed by atoms with van der Waals surface area (Å²) in [5.74, 6) is -0.144. The van der Waals surface area contributed by atoms with Crippen LogP contribution in [0.25, 0.3) is 0 Å². The van der Waals surface area contributed by atoms with Gasteiger partial charge in [-0.1, -0.05) is 44.0 Å². The molecule has 1 aromatic rings. The quantitative estimate of drug-likeness (QED) is 0.798. The van der Waals surface area contributed by atoms with Crippen LogP contribution in [0.3, 0.4) is 0 Å². The van der Waals surface area contributed by atoms with E-state index in [-0.39, 0.29) is 22.2 Å². The van der Waals surface area contributed by atoms with Crippen molar-refractivity contribution in [2.45, 2.75) is 39.3 Å². The molecule has 0 amide bonds. The van der Waals surface area contributed by atoms with Crippen LogP contribution >= 0.6 is 23.2 Å². The Hall–Kier alpha value is -0.480. The maximum atomic E-state index is 10.1. The predicted octanol–water partition coefficient (Wildman–Crippen LogP) is 3.50. The van der Waals surface area contributed by atoms with Gasteiger partial charge in [0.15, 0.2) is 0 Å². The van der Waals surface area contributed by atoms with Gasteiger partial charge < -0.3 is 15.9 Å². The lowest BCUT2D eigenvalue weighted by Gasteiger charge is -2.29. The molecule has 18 heavy (non-hydrogen) atoms. The molecular weight excluding hydrogens is 273 g/mol. The number of aliphatic hydroxyl groups is 1. The Morgan fingerprint density at radius 2 is 1.83 bits per heavy atom. The van der Waals surface area contributed by atoms with Gasteiger partial charge in [-0.2, -0.15) is 0 Å². The van der Waals surface area contributed by atoms with Crippen LogP contribution in [0.1, 0.15) is 38.9 Å². The van der Waals surface area contributed by atoms with E-state index in [1.165, 1.54) is 12.1 Å². The summed E-state index contributed by atoms with van der Waals surface area (Å²) in [5, 5.41) is 20.4. The van der Waals surface area contributed by atoms with E-state index in [0.29, 0.717) is 17.0 Å². The zero-order valence-corrected chi connectivity index (χ0v) is 12.3. The molecule has 0 spiro atoms. The molecular formula is C13H19Cl2NO2. The fraction of sp³-hybridized carbons (Fsp3) is 0.538. The molecule has 1 aromatic carbocycles. The Balaban J connectivity index is 2.95. The van der Waals surface area contributed by atoms with Gasteiger partial charge in [0.25, 0.3) is 0 Å². The van der Waals surface area contributed by atoms with Crippen molar-refractivity contribution in [3.8, 4) is 5.75 Å². The molecule has 0 saturated carbocycles. The smallest absolute Gasteiger partial charge is 0.140 e. The Labute approximate surface area is 118 Å². The highest BCUT2D eigenvalue weighted by Gasteiger charge is 2.25. The second-order valence-electron chi connectivity index (χ2n) is 5.55. The first-order valence-electron chi connectivity index (χ1n) is 5.74. The van der Waals surface area contributed by atoms with Gasteiger partial charge in [-0.3, -0.25) is 0 Å². The highest BCUT2D eigenvalue weighted by molar-refractivity contribution is 6.35. The fourth-order valence-electron chi connectivity index (χ4n) is 1.56. The van der Waals surface area contributed by atoms with Crippen molar-refractivity contribution in [2.75, 3.05) is 0 Å². The molecule has 3 nitrogen and oxygen atoms in total. The second kappa shape index (κ2) is 5.66. The number of aromatic hydroxyl groups is 1. The Morgan fingerprint density at radius 3 is 2.33 bits per heavy atom. The van der Waals surface area contributed by atoms with Gasteiger partial charge in [-0.25, -0.2) is 0 Å². The summed E-state index contributed by atoms with van der Waals surface area (Å²) in [6, 6.07) is 2.73. The van der Waals surface area contributed by atoms with Gasteiger partial charge in [-0.05, 0) is 24.0 Å². The number of benzene rings is 1. The van der Waals surface area contributed by atoms with Gasteiger partial charge in [-0.15, -0.1) is 0 Å². The first-order valence-corrected chi connectivity index (χ1v) is 6.50. The highest BCUT2D eigenvalue weighted by atomic mass is 35.5. The largest absolute Gasteiger partial charge is 0.506 e. The maximum absolute atomic E-state index is 10.1. The molecule has 0 aliphatic carbocycles. The molecule has 0 aromatic heterocycles. The zero-order valence-electron chi connectivity index (χ0n) is 10.7. The number of nitrogens with two attached hydrogens (primary N) is 1. The highest BCUT2D eigenvalue weighted by Crippen LogP contribution is 2.37. The molecule has 0 aliphatic heterocycles. The van der Waals surface area contributed by atoms with E-state index in [9.17, 15) is 10.2 Å². The van der Waals surface area contributed by atoms with E-state index < -0.39 is 6.10 Å². The van der Waals surface area contributed by atoms with Crippen LogP contribution < -0.4 is 5.73 Å². The molecule has 0 saturated heterocycles. The molecule has 2 atom stereocenters. The van der Waals surface area contributed by atoms with Crippen molar-refractivity contribution < 1.29 is 10.2 Å². The summed E-state index contributed by atoms with van der Waals surface area (Å²) in [7, 11) is 0. The Morgan fingerprint density at radius 1 is 1.28 bits per heavy atom. The van der Waals surface area contributed by atoms with Crippen LogP contribution in [0.15, 0.2) is 12.1 Å². The Bertz CT molecular complexity index is 430. The Kier molecular flexibility index (Phi) is 4.90. The summed E-state index contributed by atoms with van der Waals surface area (Å²) >= 11 is 11.7. The minimum atomic E-state index is -0.893. The zero-order chi connectivity index (χ0) is 14.1. The van der Waals surface area contributed by atoms with E-state index in [0.717, 1.165) is 0 Å². The lowest BCUT2D eigenvalue weighted by molar-refractivity contribution is 0.131. The summed E-state index contributed by atoms with van der Waals surface area (Å²) in [5.41, 5.74) is 6.19. The predicted molar refractivity (Wildman–Crippen MR) is 75.1 cm³/mol. The van der Waals surface area contributed by atoms with Crippen LogP contribution in [-0.2, 0) is 0 Å². The van der Waals surface area contributed by atoms with Gasteiger partial charge in [0.1, 0.15) is 5.75 Å². The molecule has 0 radical (unpaired) electrons. The molecule has 0 unspecified atom stereocenters. The number of phenolic OH excluding ortho intramolecular Hbond substituents is 1. The minimum absolute atomic E-state index is 0.126. The van der Waals surface area contributed by atoms with Crippen molar-refractivity contribution in [2.24, 2.45) is 11.1 Å². The number of rotatable bonds is 3. The summed E-state index contributed by atoms with van der Waals surface area (Å²) in [4.78, 5) is 0. The standard InChI is InChI=1S/C13H19Cl2NO2/c1-13(2,3)11(16)6-10(17)8-4-7(14)5-9(15)12(8)18/h4-5,10-11,17-18H,6,16H2,1-3H3/t10-,11-/m0/s1. The van der Waals surface area contributed by atoms with Crippen LogP contribution in [0.2, 0.25) is 10.0 Å². The van der Waals surface area contributed by atoms with Crippen molar-refractivity contribution >= 4 is 23.2 Å². The van der Waals surface area contributed by atoms with Crippen molar-refractivity contribution in [1.29, 1.82) is 0 Å². The number of hydrogen-bond donors (Lipinski definition) is 3. The van der Waals surface area contributed by atoms with Crippen LogP contribution in [0.4, 0.5) is 0 Å². The molecule has 0 fully saturated rings. The van der Waals surface area contributed by atoms with Crippen LogP contribution in [-0.4, -0.2) is 16.3 Å². The molecule has 4 N–H and O–H groups in total. The third-order valence-electron chi connectivity index (χ3n) is 3.01. The summed E-state index contributed by atoms with van der Waals surface area (Å²) in [6.07, 6.45) is -0.566. The van der Waals surface area contributed by atoms with E-state index in [1.807, 2.05) is 20.8 Å². The maximum Gasteiger partial charge on any atom is 0.140 e. The second-order valence-corrected chi connectivity index (χ2v) is 6.39. The lowest BCUT2D eigenvalue weighted by atomic mass is 9.83. The topological polar surface area (TPSA) is 66.5 Å². The van der Waals surface area contributed by atoms with E-state index >= 15 is 0 Å². The molecule has 0 aliphatic rings. The minimum Gasteiger partial charge on any atom is -0.506 e. The average molecular weight is 292 g/mol. The van der Waals surface area contributed by atoms with Gasteiger partial charge >= 0.3 is 0 Å².